The molecule has 0 spiro atoms. The Morgan fingerprint density at radius 1 is 1.32 bits per heavy atom. The van der Waals surface area contributed by atoms with E-state index in [1.54, 1.807) is 13.8 Å². The first-order chi connectivity index (χ1) is 8.72. The molecule has 0 N–H and O–H groups in total. The summed E-state index contributed by atoms with van der Waals surface area (Å²) in [5.41, 5.74) is 0.818. The average molecular weight is 276 g/mol. The van der Waals surface area contributed by atoms with Crippen LogP contribution in [0.2, 0.25) is 0 Å². The molecular weight excluding hydrogens is 264 g/mol. The highest BCUT2D eigenvalue weighted by atomic mass is 19.3. The van der Waals surface area contributed by atoms with Crippen molar-refractivity contribution in [2.45, 2.75) is 26.4 Å². The minimum absolute atomic E-state index is 0.0868. The van der Waals surface area contributed by atoms with Crippen LogP contribution in [-0.2, 0) is 0 Å². The van der Waals surface area contributed by atoms with Gasteiger partial charge in [0.2, 0.25) is 0 Å². The Bertz CT molecular complexity index is 491. The molecule has 0 bridgehead atoms. The molecule has 0 aliphatic heterocycles. The predicted molar refractivity (Wildman–Crippen MR) is 61.8 cm³/mol. The average Bonchev–Trinajstić information content (AvgIpc) is 2.27. The lowest BCUT2D eigenvalue weighted by Crippen LogP contribution is -2.33. The van der Waals surface area contributed by atoms with E-state index in [4.69, 9.17) is 0 Å². The number of benzene rings is 1. The van der Waals surface area contributed by atoms with Gasteiger partial charge in [0.15, 0.2) is 5.78 Å². The van der Waals surface area contributed by atoms with Crippen LogP contribution < -0.4 is 4.74 Å². The minimum atomic E-state index is -4.59. The summed E-state index contributed by atoms with van der Waals surface area (Å²) in [5.74, 6) is -0.899. The third-order valence-electron chi connectivity index (χ3n) is 2.05. The zero-order chi connectivity index (χ0) is 14.6. The first-order valence-electron chi connectivity index (χ1n) is 5.36. The molecule has 1 aromatic rings. The van der Waals surface area contributed by atoms with E-state index in [1.807, 2.05) is 0 Å². The summed E-state index contributed by atoms with van der Waals surface area (Å²) in [6.07, 6.45) is -7.22. The number of rotatable bonds is 5. The summed E-state index contributed by atoms with van der Waals surface area (Å²) < 4.78 is 53.3. The first kappa shape index (κ1) is 15.2. The maximum atomic E-state index is 12.7. The number of hydrogen-bond donors (Lipinski definition) is 0. The molecule has 0 aliphatic rings. The van der Waals surface area contributed by atoms with Crippen molar-refractivity contribution in [3.05, 3.63) is 41.5 Å². The third kappa shape index (κ3) is 4.39. The van der Waals surface area contributed by atoms with E-state index < -0.39 is 24.1 Å². The number of ether oxygens (including phenoxy) is 1. The Labute approximate surface area is 107 Å². The van der Waals surface area contributed by atoms with Crippen LogP contribution in [0.1, 0.15) is 24.2 Å². The fourth-order valence-electron chi connectivity index (χ4n) is 1.26. The van der Waals surface area contributed by atoms with Crippen LogP contribution >= 0.6 is 0 Å². The van der Waals surface area contributed by atoms with Gasteiger partial charge in [0.25, 0.3) is 0 Å². The normalized spacial score (nSPS) is 11.3. The van der Waals surface area contributed by atoms with Gasteiger partial charge in [-0.25, -0.2) is 0 Å². The Balaban J connectivity index is 2.95. The van der Waals surface area contributed by atoms with Gasteiger partial charge in [0, 0.05) is 5.56 Å². The van der Waals surface area contributed by atoms with E-state index in [2.05, 4.69) is 4.74 Å². The lowest BCUT2D eigenvalue weighted by molar-refractivity contribution is -0.253. The second-order valence-corrected chi connectivity index (χ2v) is 4.08. The van der Waals surface area contributed by atoms with Crippen LogP contribution in [0.3, 0.4) is 0 Å². The number of ketones is 1. The minimum Gasteiger partial charge on any atom is -0.428 e. The molecular formula is C13H12F4O2. The molecule has 0 unspecified atom stereocenters. The quantitative estimate of drug-likeness (QED) is 0.460. The first-order valence-corrected chi connectivity index (χ1v) is 5.36. The lowest BCUT2D eigenvalue weighted by atomic mass is 10.1. The second-order valence-electron chi connectivity index (χ2n) is 4.08. The monoisotopic (exact) mass is 276 g/mol. The fourth-order valence-corrected chi connectivity index (χ4v) is 1.26. The standard InChI is InChI=1S/C13H12F4O2/c1-8(2)6-11(18)9-4-3-5-10(7-9)19-13(16,17)12(14)15/h3-7,12H,1-2H3. The highest BCUT2D eigenvalue weighted by Gasteiger charge is 2.43. The smallest absolute Gasteiger partial charge is 0.428 e. The van der Waals surface area contributed by atoms with E-state index in [0.717, 1.165) is 17.7 Å². The van der Waals surface area contributed by atoms with E-state index in [0.29, 0.717) is 0 Å². The van der Waals surface area contributed by atoms with E-state index >= 15 is 0 Å². The molecule has 2 nitrogen and oxygen atoms in total. The van der Waals surface area contributed by atoms with Gasteiger partial charge in [0.1, 0.15) is 5.75 Å². The van der Waals surface area contributed by atoms with Crippen LogP contribution in [0.25, 0.3) is 0 Å². The second kappa shape index (κ2) is 5.86. The molecule has 0 radical (unpaired) electrons. The number of alkyl halides is 4. The summed E-state index contributed by atoms with van der Waals surface area (Å²) in [7, 11) is 0. The Morgan fingerprint density at radius 2 is 1.95 bits per heavy atom. The van der Waals surface area contributed by atoms with Crippen molar-refractivity contribution >= 4 is 5.78 Å². The molecule has 0 saturated heterocycles. The van der Waals surface area contributed by atoms with E-state index in [9.17, 15) is 22.4 Å². The third-order valence-corrected chi connectivity index (χ3v) is 2.05. The van der Waals surface area contributed by atoms with Crippen molar-refractivity contribution in [3.63, 3.8) is 0 Å². The summed E-state index contributed by atoms with van der Waals surface area (Å²) in [5, 5.41) is 0. The summed E-state index contributed by atoms with van der Waals surface area (Å²) in [4.78, 5) is 11.6. The van der Waals surface area contributed by atoms with Crippen molar-refractivity contribution in [3.8, 4) is 5.75 Å². The molecule has 0 amide bonds. The Hall–Kier alpha value is -1.85. The van der Waals surface area contributed by atoms with Crippen LogP contribution in [0, 0.1) is 0 Å². The number of hydrogen-bond acceptors (Lipinski definition) is 2. The van der Waals surface area contributed by atoms with Gasteiger partial charge in [-0.1, -0.05) is 17.7 Å². The van der Waals surface area contributed by atoms with Gasteiger partial charge in [-0.3, -0.25) is 4.79 Å². The number of allylic oxidation sites excluding steroid dienone is 2. The predicted octanol–water partition coefficient (Wildman–Crippen LogP) is 4.07. The van der Waals surface area contributed by atoms with Gasteiger partial charge in [0.05, 0.1) is 0 Å². The Kier molecular flexibility index (Phi) is 4.69. The number of halogens is 4. The van der Waals surface area contributed by atoms with Crippen molar-refractivity contribution in [1.29, 1.82) is 0 Å². The van der Waals surface area contributed by atoms with E-state index in [1.165, 1.54) is 18.2 Å². The van der Waals surface area contributed by atoms with E-state index in [-0.39, 0.29) is 5.56 Å². The lowest BCUT2D eigenvalue weighted by Gasteiger charge is -2.16. The SMILES string of the molecule is CC(C)=CC(=O)c1cccc(OC(F)(F)C(F)F)c1. The van der Waals surface area contributed by atoms with Crippen LogP contribution in [0.15, 0.2) is 35.9 Å². The molecule has 1 rings (SSSR count). The van der Waals surface area contributed by atoms with Gasteiger partial charge < -0.3 is 4.74 Å². The van der Waals surface area contributed by atoms with Crippen molar-refractivity contribution in [1.82, 2.24) is 0 Å². The van der Waals surface area contributed by atoms with Gasteiger partial charge >= 0.3 is 12.5 Å². The zero-order valence-corrected chi connectivity index (χ0v) is 10.3. The number of carbonyl (C=O) groups excluding carboxylic acids is 1. The molecule has 0 heterocycles. The highest BCUT2D eigenvalue weighted by Crippen LogP contribution is 2.27. The molecule has 0 saturated carbocycles. The molecule has 19 heavy (non-hydrogen) atoms. The zero-order valence-electron chi connectivity index (χ0n) is 10.3. The Morgan fingerprint density at radius 3 is 2.47 bits per heavy atom. The fraction of sp³-hybridized carbons (Fsp3) is 0.308. The molecule has 1 aromatic carbocycles. The molecule has 0 atom stereocenters. The van der Waals surface area contributed by atoms with Crippen molar-refractivity contribution in [2.24, 2.45) is 0 Å². The molecule has 6 heteroatoms. The van der Waals surface area contributed by atoms with Gasteiger partial charge in [-0.2, -0.15) is 17.6 Å². The molecule has 0 aromatic heterocycles. The summed E-state index contributed by atoms with van der Waals surface area (Å²) in [6, 6.07) is 4.74. The van der Waals surface area contributed by atoms with Crippen LogP contribution in [0.5, 0.6) is 5.75 Å². The van der Waals surface area contributed by atoms with Gasteiger partial charge in [-0.05, 0) is 32.1 Å². The highest BCUT2D eigenvalue weighted by molar-refractivity contribution is 6.05. The van der Waals surface area contributed by atoms with Gasteiger partial charge in [-0.15, -0.1) is 0 Å². The number of carbonyl (C=O) groups is 1. The molecule has 0 fully saturated rings. The molecule has 104 valence electrons. The topological polar surface area (TPSA) is 26.3 Å². The largest absolute Gasteiger partial charge is 0.461 e. The maximum Gasteiger partial charge on any atom is 0.461 e. The van der Waals surface area contributed by atoms with Crippen molar-refractivity contribution in [2.75, 3.05) is 0 Å². The summed E-state index contributed by atoms with van der Waals surface area (Å²) >= 11 is 0. The maximum absolute atomic E-state index is 12.7. The van der Waals surface area contributed by atoms with Crippen molar-refractivity contribution < 1.29 is 27.1 Å². The van der Waals surface area contributed by atoms with Crippen LogP contribution in [-0.4, -0.2) is 18.3 Å². The van der Waals surface area contributed by atoms with Crippen LogP contribution in [0.4, 0.5) is 17.6 Å². The summed E-state index contributed by atoms with van der Waals surface area (Å²) in [6.45, 7) is 3.40. The molecule has 0 aliphatic carbocycles.